The number of halogens is 1. The van der Waals surface area contributed by atoms with Crippen LogP contribution >= 0.6 is 11.6 Å². The third-order valence-electron chi connectivity index (χ3n) is 5.29. The van der Waals surface area contributed by atoms with E-state index in [9.17, 15) is 4.79 Å². The smallest absolute Gasteiger partial charge is 0.251 e. The fraction of sp³-hybridized carbons (Fsp3) is 0.231. The predicted molar refractivity (Wildman–Crippen MR) is 128 cm³/mol. The minimum absolute atomic E-state index is 0.169. The van der Waals surface area contributed by atoms with Crippen LogP contribution in [0.2, 0.25) is 5.02 Å². The van der Waals surface area contributed by atoms with Gasteiger partial charge in [0.05, 0.1) is 24.2 Å². The molecule has 164 valence electrons. The Kier molecular flexibility index (Phi) is 7.07. The summed E-state index contributed by atoms with van der Waals surface area (Å²) in [5.74, 6) is 1.56. The number of carbonyl (C=O) groups is 1. The van der Waals surface area contributed by atoms with Gasteiger partial charge in [-0.25, -0.2) is 4.98 Å². The summed E-state index contributed by atoms with van der Waals surface area (Å²) in [5.41, 5.74) is 3.75. The number of hydrogen-bond acceptors (Lipinski definition) is 3. The van der Waals surface area contributed by atoms with E-state index in [1.807, 2.05) is 30.3 Å². The first-order valence-electron chi connectivity index (χ1n) is 10.8. The molecule has 0 atom stereocenters. The van der Waals surface area contributed by atoms with Gasteiger partial charge < -0.3 is 14.6 Å². The molecule has 0 bridgehead atoms. The van der Waals surface area contributed by atoms with Crippen molar-refractivity contribution in [1.82, 2.24) is 14.9 Å². The van der Waals surface area contributed by atoms with Crippen molar-refractivity contribution in [3.63, 3.8) is 0 Å². The number of amides is 1. The van der Waals surface area contributed by atoms with E-state index in [2.05, 4.69) is 35.0 Å². The molecule has 5 nitrogen and oxygen atoms in total. The fourth-order valence-electron chi connectivity index (χ4n) is 3.60. The van der Waals surface area contributed by atoms with Gasteiger partial charge in [-0.15, -0.1) is 0 Å². The summed E-state index contributed by atoms with van der Waals surface area (Å²) >= 11 is 6.01. The molecule has 0 aliphatic rings. The molecule has 0 aliphatic carbocycles. The van der Waals surface area contributed by atoms with E-state index in [-0.39, 0.29) is 5.91 Å². The van der Waals surface area contributed by atoms with Gasteiger partial charge in [-0.3, -0.25) is 4.79 Å². The van der Waals surface area contributed by atoms with Gasteiger partial charge in [-0.2, -0.15) is 0 Å². The van der Waals surface area contributed by atoms with E-state index in [0.717, 1.165) is 42.0 Å². The van der Waals surface area contributed by atoms with Gasteiger partial charge in [0.25, 0.3) is 5.91 Å². The lowest BCUT2D eigenvalue weighted by molar-refractivity contribution is 0.0949. The second-order valence-corrected chi connectivity index (χ2v) is 8.17. The molecule has 4 rings (SSSR count). The number of carbonyl (C=O) groups excluding carboxylic acids is 1. The average molecular weight is 448 g/mol. The second-order valence-electron chi connectivity index (χ2n) is 7.73. The maximum absolute atomic E-state index is 12.5. The zero-order chi connectivity index (χ0) is 22.3. The second kappa shape index (κ2) is 10.3. The van der Waals surface area contributed by atoms with Crippen LogP contribution in [-0.4, -0.2) is 22.1 Å². The number of ether oxygens (including phenoxy) is 1. The van der Waals surface area contributed by atoms with Crippen molar-refractivity contribution in [3.05, 3.63) is 94.8 Å². The highest BCUT2D eigenvalue weighted by molar-refractivity contribution is 6.30. The molecule has 1 aromatic heterocycles. The number of unbranched alkanes of at least 4 members (excludes halogenated alkanes) is 1. The Bertz CT molecular complexity index is 1200. The molecule has 0 fully saturated rings. The lowest BCUT2D eigenvalue weighted by Gasteiger charge is -2.11. The third-order valence-corrected chi connectivity index (χ3v) is 5.53. The summed E-state index contributed by atoms with van der Waals surface area (Å²) in [5, 5.41) is 3.51. The first-order chi connectivity index (χ1) is 15.6. The van der Waals surface area contributed by atoms with Crippen molar-refractivity contribution in [2.24, 2.45) is 0 Å². The van der Waals surface area contributed by atoms with Crippen LogP contribution < -0.4 is 10.1 Å². The van der Waals surface area contributed by atoms with Crippen molar-refractivity contribution in [2.75, 3.05) is 6.61 Å². The number of fused-ring (bicyclic) bond motifs is 1. The molecule has 1 N–H and O–H groups in total. The standard InChI is InChI=1S/C26H26ClN3O2/c1-19-11-13-22(14-12-19)32-16-5-4-15-30-24-10-3-2-9-23(24)29-25(30)18-28-26(31)20-7-6-8-21(27)17-20/h2-3,6-14,17H,4-5,15-16,18H2,1H3,(H,28,31). The Labute approximate surface area is 193 Å². The summed E-state index contributed by atoms with van der Waals surface area (Å²) in [6.07, 6.45) is 1.87. The van der Waals surface area contributed by atoms with Gasteiger partial charge in [0, 0.05) is 17.1 Å². The molecule has 0 unspecified atom stereocenters. The number of hydrogen-bond donors (Lipinski definition) is 1. The van der Waals surface area contributed by atoms with Crippen LogP contribution in [0, 0.1) is 6.92 Å². The van der Waals surface area contributed by atoms with E-state index in [1.54, 1.807) is 24.3 Å². The molecular weight excluding hydrogens is 422 g/mol. The van der Waals surface area contributed by atoms with Gasteiger partial charge in [0.15, 0.2) is 0 Å². The van der Waals surface area contributed by atoms with Gasteiger partial charge in [-0.1, -0.05) is 47.5 Å². The van der Waals surface area contributed by atoms with Crippen LogP contribution in [0.4, 0.5) is 0 Å². The molecule has 0 radical (unpaired) electrons. The fourth-order valence-corrected chi connectivity index (χ4v) is 3.79. The van der Waals surface area contributed by atoms with Gasteiger partial charge in [0.2, 0.25) is 0 Å². The molecular formula is C26H26ClN3O2. The topological polar surface area (TPSA) is 56.1 Å². The zero-order valence-corrected chi connectivity index (χ0v) is 18.8. The van der Waals surface area contributed by atoms with Crippen molar-refractivity contribution in [1.29, 1.82) is 0 Å². The number of nitrogens with zero attached hydrogens (tertiary/aromatic N) is 2. The highest BCUT2D eigenvalue weighted by atomic mass is 35.5. The molecule has 4 aromatic rings. The minimum Gasteiger partial charge on any atom is -0.494 e. The van der Waals surface area contributed by atoms with E-state index in [1.165, 1.54) is 5.56 Å². The highest BCUT2D eigenvalue weighted by Gasteiger charge is 2.12. The van der Waals surface area contributed by atoms with Crippen molar-refractivity contribution >= 4 is 28.5 Å². The van der Waals surface area contributed by atoms with Crippen LogP contribution in [0.1, 0.15) is 34.6 Å². The Morgan fingerprint density at radius 3 is 2.66 bits per heavy atom. The minimum atomic E-state index is -0.169. The summed E-state index contributed by atoms with van der Waals surface area (Å²) in [6, 6.07) is 23.1. The Morgan fingerprint density at radius 1 is 1.03 bits per heavy atom. The van der Waals surface area contributed by atoms with Crippen LogP contribution in [0.15, 0.2) is 72.8 Å². The van der Waals surface area contributed by atoms with E-state index >= 15 is 0 Å². The molecule has 0 aliphatic heterocycles. The van der Waals surface area contributed by atoms with Crippen LogP contribution in [-0.2, 0) is 13.1 Å². The SMILES string of the molecule is Cc1ccc(OCCCCn2c(CNC(=O)c3cccc(Cl)c3)nc3ccccc32)cc1. The number of aryl methyl sites for hydroxylation is 2. The van der Waals surface area contributed by atoms with E-state index in [4.69, 9.17) is 21.3 Å². The first kappa shape index (κ1) is 21.9. The third kappa shape index (κ3) is 5.48. The molecule has 0 saturated carbocycles. The van der Waals surface area contributed by atoms with Gasteiger partial charge >= 0.3 is 0 Å². The number of nitrogens with one attached hydrogen (secondary N) is 1. The number of aromatic nitrogens is 2. The molecule has 0 spiro atoms. The Balaban J connectivity index is 1.37. The zero-order valence-electron chi connectivity index (χ0n) is 18.1. The normalized spacial score (nSPS) is 10.9. The van der Waals surface area contributed by atoms with E-state index in [0.29, 0.717) is 23.7 Å². The maximum atomic E-state index is 12.5. The quantitative estimate of drug-likeness (QED) is 0.330. The summed E-state index contributed by atoms with van der Waals surface area (Å²) in [6.45, 7) is 3.88. The van der Waals surface area contributed by atoms with Crippen molar-refractivity contribution < 1.29 is 9.53 Å². The molecule has 32 heavy (non-hydrogen) atoms. The lowest BCUT2D eigenvalue weighted by atomic mass is 10.2. The molecule has 6 heteroatoms. The van der Waals surface area contributed by atoms with Crippen LogP contribution in [0.5, 0.6) is 5.75 Å². The van der Waals surface area contributed by atoms with Crippen molar-refractivity contribution in [3.8, 4) is 5.75 Å². The monoisotopic (exact) mass is 447 g/mol. The van der Waals surface area contributed by atoms with Crippen molar-refractivity contribution in [2.45, 2.75) is 32.9 Å². The Morgan fingerprint density at radius 2 is 1.84 bits per heavy atom. The van der Waals surface area contributed by atoms with Crippen LogP contribution in [0.3, 0.4) is 0 Å². The number of para-hydroxylation sites is 2. The van der Waals surface area contributed by atoms with Gasteiger partial charge in [-0.05, 0) is 62.2 Å². The molecule has 3 aromatic carbocycles. The van der Waals surface area contributed by atoms with E-state index < -0.39 is 0 Å². The maximum Gasteiger partial charge on any atom is 0.251 e. The van der Waals surface area contributed by atoms with Gasteiger partial charge in [0.1, 0.15) is 11.6 Å². The molecule has 1 heterocycles. The predicted octanol–water partition coefficient (Wildman–Crippen LogP) is 5.79. The number of imidazole rings is 1. The molecule has 0 saturated heterocycles. The summed E-state index contributed by atoms with van der Waals surface area (Å²) < 4.78 is 8.02. The average Bonchev–Trinajstić information content (AvgIpc) is 3.16. The highest BCUT2D eigenvalue weighted by Crippen LogP contribution is 2.18. The van der Waals surface area contributed by atoms with Crippen LogP contribution in [0.25, 0.3) is 11.0 Å². The molecule has 1 amide bonds. The number of benzene rings is 3. The largest absolute Gasteiger partial charge is 0.494 e. The number of rotatable bonds is 9. The lowest BCUT2D eigenvalue weighted by Crippen LogP contribution is -2.24. The summed E-state index contributed by atoms with van der Waals surface area (Å²) in [7, 11) is 0. The summed E-state index contributed by atoms with van der Waals surface area (Å²) in [4.78, 5) is 17.3. The first-order valence-corrected chi connectivity index (χ1v) is 11.2. The Hall–Kier alpha value is -3.31.